The van der Waals surface area contributed by atoms with Gasteiger partial charge in [-0.25, -0.2) is 4.68 Å². The first kappa shape index (κ1) is 14.6. The van der Waals surface area contributed by atoms with Crippen LogP contribution >= 0.6 is 0 Å². The van der Waals surface area contributed by atoms with Crippen LogP contribution in [-0.4, -0.2) is 22.8 Å². The summed E-state index contributed by atoms with van der Waals surface area (Å²) in [5.41, 5.74) is 0.609. The molecule has 1 fully saturated rings. The molecule has 1 heterocycles. The van der Waals surface area contributed by atoms with Gasteiger partial charge in [0.15, 0.2) is 0 Å². The van der Waals surface area contributed by atoms with Crippen LogP contribution in [0.3, 0.4) is 0 Å². The Morgan fingerprint density at radius 3 is 2.59 bits per heavy atom. The number of aromatic nitrogens is 2. The predicted octanol–water partition coefficient (Wildman–Crippen LogP) is 3.65. The maximum atomic E-state index is 12.4. The molecule has 1 aromatic carbocycles. The van der Waals surface area contributed by atoms with Crippen LogP contribution in [0.1, 0.15) is 48.5 Å². The number of anilines is 1. The van der Waals surface area contributed by atoms with Crippen LogP contribution in [0.5, 0.6) is 5.75 Å². The van der Waals surface area contributed by atoms with Gasteiger partial charge in [0.2, 0.25) is 0 Å². The minimum absolute atomic E-state index is 0.125. The van der Waals surface area contributed by atoms with Crippen molar-refractivity contribution < 1.29 is 9.53 Å². The lowest BCUT2D eigenvalue weighted by atomic mass is 9.96. The van der Waals surface area contributed by atoms with Gasteiger partial charge in [0.1, 0.15) is 11.6 Å². The molecule has 2 aromatic rings. The molecular weight excluding hydrogens is 278 g/mol. The third kappa shape index (κ3) is 3.13. The molecular formula is C17H21N3O2. The number of nitrogens with zero attached hydrogens (tertiary/aromatic N) is 2. The topological polar surface area (TPSA) is 56.1 Å². The zero-order chi connectivity index (χ0) is 15.4. The Balaban J connectivity index is 1.72. The fourth-order valence-corrected chi connectivity index (χ4v) is 2.96. The van der Waals surface area contributed by atoms with E-state index in [1.165, 1.54) is 19.3 Å². The maximum Gasteiger partial charge on any atom is 0.256 e. The molecule has 22 heavy (non-hydrogen) atoms. The number of hydrogen-bond acceptors (Lipinski definition) is 3. The third-order valence-corrected chi connectivity index (χ3v) is 4.18. The van der Waals surface area contributed by atoms with E-state index >= 15 is 0 Å². The summed E-state index contributed by atoms with van der Waals surface area (Å²) in [5, 5.41) is 7.36. The van der Waals surface area contributed by atoms with Crippen LogP contribution in [-0.2, 0) is 0 Å². The fourth-order valence-electron chi connectivity index (χ4n) is 2.96. The van der Waals surface area contributed by atoms with Crippen molar-refractivity contribution in [3.63, 3.8) is 0 Å². The highest BCUT2D eigenvalue weighted by molar-refractivity contribution is 6.03. The number of benzene rings is 1. The van der Waals surface area contributed by atoms with Crippen LogP contribution < -0.4 is 10.1 Å². The number of amides is 1. The molecule has 0 spiro atoms. The molecule has 0 aliphatic heterocycles. The molecule has 1 saturated carbocycles. The average Bonchev–Trinajstić information content (AvgIpc) is 3.04. The van der Waals surface area contributed by atoms with Crippen molar-refractivity contribution in [2.24, 2.45) is 0 Å². The predicted molar refractivity (Wildman–Crippen MR) is 85.3 cm³/mol. The van der Waals surface area contributed by atoms with Gasteiger partial charge in [-0.05, 0) is 37.1 Å². The van der Waals surface area contributed by atoms with Gasteiger partial charge >= 0.3 is 0 Å². The van der Waals surface area contributed by atoms with Gasteiger partial charge in [0, 0.05) is 11.6 Å². The Bertz CT molecular complexity index is 628. The van der Waals surface area contributed by atoms with Crippen molar-refractivity contribution in [1.82, 2.24) is 9.78 Å². The number of rotatable bonds is 4. The largest absolute Gasteiger partial charge is 0.497 e. The van der Waals surface area contributed by atoms with Gasteiger partial charge in [-0.1, -0.05) is 19.3 Å². The summed E-state index contributed by atoms with van der Waals surface area (Å²) in [5.74, 6) is 1.39. The van der Waals surface area contributed by atoms with Crippen molar-refractivity contribution in [3.8, 4) is 5.75 Å². The number of ether oxygens (including phenoxy) is 1. The second kappa shape index (κ2) is 6.64. The molecule has 1 N–H and O–H groups in total. The first-order valence-electron chi connectivity index (χ1n) is 7.77. The van der Waals surface area contributed by atoms with E-state index in [2.05, 4.69) is 10.4 Å². The first-order valence-corrected chi connectivity index (χ1v) is 7.77. The highest BCUT2D eigenvalue weighted by Gasteiger charge is 2.19. The molecule has 116 valence electrons. The van der Waals surface area contributed by atoms with Crippen LogP contribution in [0.25, 0.3) is 0 Å². The lowest BCUT2D eigenvalue weighted by molar-refractivity contribution is 0.102. The molecule has 0 bridgehead atoms. The summed E-state index contributed by atoms with van der Waals surface area (Å²) in [6, 6.07) is 9.34. The minimum atomic E-state index is -0.125. The highest BCUT2D eigenvalue weighted by Crippen LogP contribution is 2.30. The van der Waals surface area contributed by atoms with E-state index in [1.54, 1.807) is 37.6 Å². The SMILES string of the molecule is COc1ccc(C(=O)Nc2ccnn2C2CCCCC2)cc1. The van der Waals surface area contributed by atoms with Gasteiger partial charge < -0.3 is 10.1 Å². The van der Waals surface area contributed by atoms with Crippen molar-refractivity contribution in [3.05, 3.63) is 42.1 Å². The van der Waals surface area contributed by atoms with Crippen molar-refractivity contribution in [1.29, 1.82) is 0 Å². The number of nitrogens with one attached hydrogen (secondary N) is 1. The standard InChI is InChI=1S/C17H21N3O2/c1-22-15-9-7-13(8-10-15)17(21)19-16-11-12-18-20(16)14-5-3-2-4-6-14/h7-12,14H,2-6H2,1H3,(H,19,21). The van der Waals surface area contributed by atoms with Gasteiger partial charge in [0.05, 0.1) is 19.3 Å². The molecule has 5 heteroatoms. The summed E-state index contributed by atoms with van der Waals surface area (Å²) in [6.07, 6.45) is 7.77. The van der Waals surface area contributed by atoms with Gasteiger partial charge in [-0.15, -0.1) is 0 Å². The quantitative estimate of drug-likeness (QED) is 0.937. The van der Waals surface area contributed by atoms with Crippen LogP contribution in [0.2, 0.25) is 0 Å². The van der Waals surface area contributed by atoms with E-state index in [4.69, 9.17) is 4.74 Å². The molecule has 0 atom stereocenters. The van der Waals surface area contributed by atoms with E-state index in [9.17, 15) is 4.79 Å². The Kier molecular flexibility index (Phi) is 4.42. The fraction of sp³-hybridized carbons (Fsp3) is 0.412. The molecule has 0 radical (unpaired) electrons. The summed E-state index contributed by atoms with van der Waals surface area (Å²) in [7, 11) is 1.61. The van der Waals surface area contributed by atoms with Crippen molar-refractivity contribution in [2.45, 2.75) is 38.1 Å². The van der Waals surface area contributed by atoms with Crippen LogP contribution in [0.4, 0.5) is 5.82 Å². The zero-order valence-corrected chi connectivity index (χ0v) is 12.8. The Morgan fingerprint density at radius 2 is 1.91 bits per heavy atom. The van der Waals surface area contributed by atoms with E-state index in [0.717, 1.165) is 24.4 Å². The molecule has 1 amide bonds. The maximum absolute atomic E-state index is 12.4. The minimum Gasteiger partial charge on any atom is -0.497 e. The lowest BCUT2D eigenvalue weighted by Crippen LogP contribution is -2.20. The molecule has 1 aromatic heterocycles. The van der Waals surface area contributed by atoms with Crippen LogP contribution in [0, 0.1) is 0 Å². The Morgan fingerprint density at radius 1 is 1.18 bits per heavy atom. The van der Waals surface area contributed by atoms with E-state index in [-0.39, 0.29) is 5.91 Å². The molecule has 5 nitrogen and oxygen atoms in total. The van der Waals surface area contributed by atoms with E-state index in [0.29, 0.717) is 11.6 Å². The number of carbonyl (C=O) groups is 1. The van der Waals surface area contributed by atoms with Gasteiger partial charge in [-0.2, -0.15) is 5.10 Å². The third-order valence-electron chi connectivity index (χ3n) is 4.18. The van der Waals surface area contributed by atoms with E-state index < -0.39 is 0 Å². The summed E-state index contributed by atoms with van der Waals surface area (Å²) >= 11 is 0. The summed E-state index contributed by atoms with van der Waals surface area (Å²) in [4.78, 5) is 12.4. The average molecular weight is 299 g/mol. The molecule has 1 aliphatic rings. The van der Waals surface area contributed by atoms with Gasteiger partial charge in [-0.3, -0.25) is 4.79 Å². The first-order chi connectivity index (χ1) is 10.8. The second-order valence-electron chi connectivity index (χ2n) is 5.64. The zero-order valence-electron chi connectivity index (χ0n) is 12.8. The smallest absolute Gasteiger partial charge is 0.256 e. The second-order valence-corrected chi connectivity index (χ2v) is 5.64. The van der Waals surface area contributed by atoms with Crippen LogP contribution in [0.15, 0.2) is 36.5 Å². The Labute approximate surface area is 130 Å². The summed E-state index contributed by atoms with van der Waals surface area (Å²) < 4.78 is 7.07. The molecule has 1 aliphatic carbocycles. The number of methoxy groups -OCH3 is 1. The van der Waals surface area contributed by atoms with Crippen molar-refractivity contribution in [2.75, 3.05) is 12.4 Å². The lowest BCUT2D eigenvalue weighted by Gasteiger charge is -2.23. The number of carbonyl (C=O) groups excluding carboxylic acids is 1. The molecule has 0 saturated heterocycles. The number of hydrogen-bond donors (Lipinski definition) is 1. The summed E-state index contributed by atoms with van der Waals surface area (Å²) in [6.45, 7) is 0. The Hall–Kier alpha value is -2.30. The van der Waals surface area contributed by atoms with Crippen molar-refractivity contribution >= 4 is 11.7 Å². The normalized spacial score (nSPS) is 15.5. The van der Waals surface area contributed by atoms with E-state index in [1.807, 2.05) is 10.7 Å². The van der Waals surface area contributed by atoms with Gasteiger partial charge in [0.25, 0.3) is 5.91 Å². The molecule has 0 unspecified atom stereocenters. The monoisotopic (exact) mass is 299 g/mol. The molecule has 3 rings (SSSR count). The highest BCUT2D eigenvalue weighted by atomic mass is 16.5.